The van der Waals surface area contributed by atoms with Crippen molar-refractivity contribution in [1.82, 2.24) is 9.78 Å². The lowest BCUT2D eigenvalue weighted by Gasteiger charge is -2.31. The second kappa shape index (κ2) is 4.75. The average Bonchev–Trinajstić information content (AvgIpc) is 2.70. The second-order valence-corrected chi connectivity index (χ2v) is 4.41. The van der Waals surface area contributed by atoms with E-state index < -0.39 is 24.2 Å². The van der Waals surface area contributed by atoms with Gasteiger partial charge in [0.25, 0.3) is 0 Å². The van der Waals surface area contributed by atoms with Crippen LogP contribution in [-0.2, 0) is 4.74 Å². The standard InChI is InChI=1S/C11H14F3N3O2/c1-3-19-10(18)7-5-15-17-8(11(12,13)14)4-6(2)16-9(7)17/h5-6,8,16H,3-4H2,1-2H3. The van der Waals surface area contributed by atoms with Gasteiger partial charge in [-0.05, 0) is 20.3 Å². The zero-order valence-corrected chi connectivity index (χ0v) is 10.5. The summed E-state index contributed by atoms with van der Waals surface area (Å²) in [5.74, 6) is -0.606. The molecule has 2 rings (SSSR count). The minimum Gasteiger partial charge on any atom is -0.462 e. The molecular weight excluding hydrogens is 263 g/mol. The first-order valence-corrected chi connectivity index (χ1v) is 5.92. The van der Waals surface area contributed by atoms with Crippen molar-refractivity contribution in [2.24, 2.45) is 0 Å². The van der Waals surface area contributed by atoms with Crippen LogP contribution in [0.3, 0.4) is 0 Å². The largest absolute Gasteiger partial charge is 0.462 e. The van der Waals surface area contributed by atoms with Crippen molar-refractivity contribution < 1.29 is 22.7 Å². The summed E-state index contributed by atoms with van der Waals surface area (Å²) in [6, 6.07) is -2.12. The first-order chi connectivity index (χ1) is 8.84. The number of esters is 1. The number of carbonyl (C=O) groups excluding carboxylic acids is 1. The fraction of sp³-hybridized carbons (Fsp3) is 0.636. The molecule has 0 saturated carbocycles. The number of ether oxygens (including phenoxy) is 1. The molecule has 0 aliphatic carbocycles. The van der Waals surface area contributed by atoms with Crippen molar-refractivity contribution in [2.45, 2.75) is 38.5 Å². The number of fused-ring (bicyclic) bond motifs is 1. The van der Waals surface area contributed by atoms with E-state index in [4.69, 9.17) is 4.74 Å². The molecule has 1 aliphatic rings. The van der Waals surface area contributed by atoms with Crippen molar-refractivity contribution in [3.05, 3.63) is 11.8 Å². The van der Waals surface area contributed by atoms with E-state index in [1.54, 1.807) is 13.8 Å². The maximum absolute atomic E-state index is 12.9. The number of anilines is 1. The summed E-state index contributed by atoms with van der Waals surface area (Å²) >= 11 is 0. The van der Waals surface area contributed by atoms with E-state index in [2.05, 4.69) is 10.4 Å². The summed E-state index contributed by atoms with van der Waals surface area (Å²) in [5.41, 5.74) is 0.0302. The number of halogens is 3. The zero-order valence-electron chi connectivity index (χ0n) is 10.5. The Balaban J connectivity index is 2.40. The molecule has 2 unspecified atom stereocenters. The van der Waals surface area contributed by atoms with Crippen LogP contribution in [0.5, 0.6) is 0 Å². The van der Waals surface area contributed by atoms with Crippen LogP contribution in [0.2, 0.25) is 0 Å². The highest BCUT2D eigenvalue weighted by Crippen LogP contribution is 2.40. The van der Waals surface area contributed by atoms with E-state index in [0.29, 0.717) is 0 Å². The van der Waals surface area contributed by atoms with Crippen molar-refractivity contribution in [3.8, 4) is 0 Å². The van der Waals surface area contributed by atoms with Crippen molar-refractivity contribution in [2.75, 3.05) is 11.9 Å². The van der Waals surface area contributed by atoms with Gasteiger partial charge in [0.15, 0.2) is 6.04 Å². The molecule has 0 spiro atoms. The van der Waals surface area contributed by atoms with Crippen LogP contribution in [0.4, 0.5) is 19.0 Å². The van der Waals surface area contributed by atoms with Gasteiger partial charge in [-0.15, -0.1) is 0 Å². The quantitative estimate of drug-likeness (QED) is 0.843. The lowest BCUT2D eigenvalue weighted by molar-refractivity contribution is -0.173. The third-order valence-electron chi connectivity index (χ3n) is 2.92. The Bertz CT molecular complexity index is 484. The molecule has 2 heterocycles. The van der Waals surface area contributed by atoms with E-state index in [1.165, 1.54) is 0 Å². The number of hydrogen-bond donors (Lipinski definition) is 1. The first kappa shape index (κ1) is 13.7. The molecule has 8 heteroatoms. The monoisotopic (exact) mass is 277 g/mol. The Labute approximate surface area is 107 Å². The molecule has 1 N–H and O–H groups in total. The van der Waals surface area contributed by atoms with E-state index in [9.17, 15) is 18.0 Å². The van der Waals surface area contributed by atoms with Gasteiger partial charge in [-0.3, -0.25) is 0 Å². The molecule has 19 heavy (non-hydrogen) atoms. The molecule has 0 radical (unpaired) electrons. The minimum atomic E-state index is -4.40. The molecule has 2 atom stereocenters. The summed E-state index contributed by atoms with van der Waals surface area (Å²) in [5, 5.41) is 6.53. The number of alkyl halides is 3. The molecule has 1 aromatic heterocycles. The summed E-state index contributed by atoms with van der Waals surface area (Å²) in [6.45, 7) is 3.41. The Hall–Kier alpha value is -1.73. The topological polar surface area (TPSA) is 56.1 Å². The SMILES string of the molecule is CCOC(=O)c1cnn2c1NC(C)CC2C(F)(F)F. The highest BCUT2D eigenvalue weighted by molar-refractivity contribution is 5.94. The smallest absolute Gasteiger partial charge is 0.410 e. The molecule has 0 saturated heterocycles. The fourth-order valence-corrected chi connectivity index (χ4v) is 2.10. The number of nitrogens with one attached hydrogen (secondary N) is 1. The molecule has 0 bridgehead atoms. The number of nitrogens with zero attached hydrogens (tertiary/aromatic N) is 2. The van der Waals surface area contributed by atoms with Crippen molar-refractivity contribution >= 4 is 11.8 Å². The van der Waals surface area contributed by atoms with Crippen LogP contribution in [-0.4, -0.2) is 34.6 Å². The lowest BCUT2D eigenvalue weighted by Crippen LogP contribution is -2.38. The van der Waals surface area contributed by atoms with Gasteiger partial charge in [0.05, 0.1) is 12.8 Å². The summed E-state index contributed by atoms with van der Waals surface area (Å²) < 4.78 is 44.4. The van der Waals surface area contributed by atoms with Crippen LogP contribution in [0.15, 0.2) is 6.20 Å². The Morgan fingerprint density at radius 1 is 1.63 bits per heavy atom. The molecule has 0 aromatic carbocycles. The molecule has 5 nitrogen and oxygen atoms in total. The fourth-order valence-electron chi connectivity index (χ4n) is 2.10. The molecule has 0 fully saturated rings. The van der Waals surface area contributed by atoms with Crippen LogP contribution in [0.25, 0.3) is 0 Å². The van der Waals surface area contributed by atoms with Gasteiger partial charge < -0.3 is 10.1 Å². The van der Waals surface area contributed by atoms with Crippen LogP contribution in [0.1, 0.15) is 36.7 Å². The second-order valence-electron chi connectivity index (χ2n) is 4.41. The van der Waals surface area contributed by atoms with Crippen LogP contribution in [0, 0.1) is 0 Å². The Kier molecular flexibility index (Phi) is 3.42. The van der Waals surface area contributed by atoms with Gasteiger partial charge in [0, 0.05) is 6.04 Å². The van der Waals surface area contributed by atoms with Crippen molar-refractivity contribution in [3.63, 3.8) is 0 Å². The van der Waals surface area contributed by atoms with E-state index in [-0.39, 0.29) is 24.4 Å². The lowest BCUT2D eigenvalue weighted by atomic mass is 10.1. The van der Waals surface area contributed by atoms with Gasteiger partial charge in [-0.25, -0.2) is 9.48 Å². The summed E-state index contributed by atoms with van der Waals surface area (Å²) in [6.07, 6.45) is -3.42. The number of hydrogen-bond acceptors (Lipinski definition) is 4. The Morgan fingerprint density at radius 2 is 2.32 bits per heavy atom. The molecule has 1 aromatic rings. The third kappa shape index (κ3) is 2.52. The molecule has 0 amide bonds. The van der Waals surface area contributed by atoms with Gasteiger partial charge in [0.1, 0.15) is 11.4 Å². The van der Waals surface area contributed by atoms with E-state index in [0.717, 1.165) is 10.9 Å². The maximum Gasteiger partial charge on any atom is 0.410 e. The van der Waals surface area contributed by atoms with Crippen LogP contribution < -0.4 is 5.32 Å². The van der Waals surface area contributed by atoms with E-state index in [1.807, 2.05) is 0 Å². The van der Waals surface area contributed by atoms with E-state index >= 15 is 0 Å². The number of rotatable bonds is 2. The number of carbonyl (C=O) groups is 1. The predicted octanol–water partition coefficient (Wildman–Crippen LogP) is 2.37. The summed E-state index contributed by atoms with van der Waals surface area (Å²) in [4.78, 5) is 11.6. The van der Waals surface area contributed by atoms with Crippen LogP contribution >= 0.6 is 0 Å². The van der Waals surface area contributed by atoms with Crippen molar-refractivity contribution in [1.29, 1.82) is 0 Å². The highest BCUT2D eigenvalue weighted by atomic mass is 19.4. The third-order valence-corrected chi connectivity index (χ3v) is 2.92. The van der Waals surface area contributed by atoms with Gasteiger partial charge >= 0.3 is 12.1 Å². The summed E-state index contributed by atoms with van der Waals surface area (Å²) in [7, 11) is 0. The predicted molar refractivity (Wildman–Crippen MR) is 61.0 cm³/mol. The van der Waals surface area contributed by atoms with Gasteiger partial charge in [0.2, 0.25) is 0 Å². The maximum atomic E-state index is 12.9. The van der Waals surface area contributed by atoms with Gasteiger partial charge in [-0.1, -0.05) is 0 Å². The normalized spacial score (nSPS) is 22.6. The Morgan fingerprint density at radius 3 is 2.89 bits per heavy atom. The highest BCUT2D eigenvalue weighted by Gasteiger charge is 2.46. The molecule has 106 valence electrons. The molecule has 1 aliphatic heterocycles. The first-order valence-electron chi connectivity index (χ1n) is 5.92. The minimum absolute atomic E-state index is 0.0302. The molecular formula is C11H14F3N3O2. The van der Waals surface area contributed by atoms with Gasteiger partial charge in [-0.2, -0.15) is 18.3 Å². The zero-order chi connectivity index (χ0) is 14.2. The average molecular weight is 277 g/mol. The number of aromatic nitrogens is 2.